The van der Waals surface area contributed by atoms with Crippen molar-refractivity contribution in [2.45, 2.75) is 19.3 Å². The van der Waals surface area contributed by atoms with Crippen molar-refractivity contribution in [1.29, 1.82) is 0 Å². The Morgan fingerprint density at radius 3 is 2.57 bits per heavy atom. The first kappa shape index (κ1) is 10.0. The van der Waals surface area contributed by atoms with E-state index in [1.807, 2.05) is 11.8 Å². The van der Waals surface area contributed by atoms with Gasteiger partial charge in [-0.25, -0.2) is 0 Å². The normalized spacial score (nSPS) is 24.7. The van der Waals surface area contributed by atoms with E-state index in [0.717, 1.165) is 6.54 Å². The molecule has 0 saturated carbocycles. The Morgan fingerprint density at radius 2 is 2.00 bits per heavy atom. The van der Waals surface area contributed by atoms with E-state index in [1.165, 1.54) is 24.3 Å². The number of ketones is 1. The molecule has 78 valence electrons. The number of nitrogens with zero attached hydrogens (tertiary/aromatic N) is 1. The predicted molar refractivity (Wildman–Crippen MR) is 56.3 cm³/mol. The van der Waals surface area contributed by atoms with Gasteiger partial charge in [0.15, 0.2) is 0 Å². The summed E-state index contributed by atoms with van der Waals surface area (Å²) in [6, 6.07) is 0. The first-order chi connectivity index (χ1) is 6.77. The number of amides is 1. The van der Waals surface area contributed by atoms with Gasteiger partial charge in [0, 0.05) is 19.5 Å². The lowest BCUT2D eigenvalue weighted by molar-refractivity contribution is -0.140. The van der Waals surface area contributed by atoms with Crippen LogP contribution >= 0.6 is 11.8 Å². The Morgan fingerprint density at radius 1 is 1.29 bits per heavy atom. The first-order valence-electron chi connectivity index (χ1n) is 5.17. The van der Waals surface area contributed by atoms with Gasteiger partial charge in [-0.1, -0.05) is 0 Å². The summed E-state index contributed by atoms with van der Waals surface area (Å²) in [6.45, 7) is 1.46. The smallest absolute Gasteiger partial charge is 0.290 e. The van der Waals surface area contributed by atoms with Gasteiger partial charge in [-0.2, -0.15) is 11.8 Å². The molecule has 14 heavy (non-hydrogen) atoms. The highest BCUT2D eigenvalue weighted by molar-refractivity contribution is 7.99. The van der Waals surface area contributed by atoms with E-state index in [0.29, 0.717) is 18.9 Å². The van der Waals surface area contributed by atoms with E-state index in [2.05, 4.69) is 0 Å². The second-order valence-corrected chi connectivity index (χ2v) is 5.20. The lowest BCUT2D eigenvalue weighted by Crippen LogP contribution is -2.33. The zero-order valence-electron chi connectivity index (χ0n) is 8.20. The molecule has 0 aromatic heterocycles. The van der Waals surface area contributed by atoms with Gasteiger partial charge in [-0.05, 0) is 30.3 Å². The van der Waals surface area contributed by atoms with Crippen LogP contribution in [0.5, 0.6) is 0 Å². The Hall–Kier alpha value is -0.510. The number of likely N-dealkylation sites (tertiary alicyclic amines) is 1. The number of Topliss-reactive ketones (excluding diaryl/α,β-unsaturated/α-hetero) is 1. The SMILES string of the molecule is O=C1CCN(CC2CCSCC2)C1=O. The standard InChI is InChI=1S/C10H15NO2S/c12-9-1-4-11(10(9)13)7-8-2-5-14-6-3-8/h8H,1-7H2. The van der Waals surface area contributed by atoms with Crippen molar-refractivity contribution in [3.8, 4) is 0 Å². The second kappa shape index (κ2) is 4.34. The zero-order valence-corrected chi connectivity index (χ0v) is 9.02. The van der Waals surface area contributed by atoms with Crippen LogP contribution in [-0.2, 0) is 9.59 Å². The minimum Gasteiger partial charge on any atom is -0.335 e. The molecule has 0 aromatic rings. The molecule has 0 atom stereocenters. The van der Waals surface area contributed by atoms with Gasteiger partial charge >= 0.3 is 0 Å². The molecule has 0 radical (unpaired) electrons. The summed E-state index contributed by atoms with van der Waals surface area (Å²) in [5.41, 5.74) is 0. The molecule has 2 rings (SSSR count). The minimum atomic E-state index is -0.247. The first-order valence-corrected chi connectivity index (χ1v) is 6.32. The number of carbonyl (C=O) groups excluding carboxylic acids is 2. The van der Waals surface area contributed by atoms with Crippen LogP contribution in [0, 0.1) is 5.92 Å². The van der Waals surface area contributed by atoms with Crippen LogP contribution in [-0.4, -0.2) is 41.2 Å². The van der Waals surface area contributed by atoms with Crippen molar-refractivity contribution in [3.05, 3.63) is 0 Å². The molecular formula is C10H15NO2S. The maximum atomic E-state index is 11.4. The average Bonchev–Trinajstić information content (AvgIpc) is 2.52. The van der Waals surface area contributed by atoms with Crippen molar-refractivity contribution in [3.63, 3.8) is 0 Å². The van der Waals surface area contributed by atoms with Gasteiger partial charge in [0.05, 0.1) is 0 Å². The number of hydrogen-bond acceptors (Lipinski definition) is 3. The van der Waals surface area contributed by atoms with Gasteiger partial charge in [0.25, 0.3) is 5.91 Å². The fourth-order valence-electron chi connectivity index (χ4n) is 2.04. The lowest BCUT2D eigenvalue weighted by atomic mass is 10.0. The minimum absolute atomic E-state index is 0.199. The Labute approximate surface area is 88.2 Å². The zero-order chi connectivity index (χ0) is 9.97. The summed E-state index contributed by atoms with van der Waals surface area (Å²) >= 11 is 1.99. The molecule has 0 spiro atoms. The molecule has 2 aliphatic heterocycles. The van der Waals surface area contributed by atoms with Crippen molar-refractivity contribution in [1.82, 2.24) is 4.90 Å². The van der Waals surface area contributed by atoms with E-state index >= 15 is 0 Å². The van der Waals surface area contributed by atoms with E-state index in [4.69, 9.17) is 0 Å². The highest BCUT2D eigenvalue weighted by Crippen LogP contribution is 2.24. The fourth-order valence-corrected chi connectivity index (χ4v) is 3.24. The molecular weight excluding hydrogens is 198 g/mol. The van der Waals surface area contributed by atoms with Crippen LogP contribution in [0.3, 0.4) is 0 Å². The van der Waals surface area contributed by atoms with Crippen molar-refractivity contribution >= 4 is 23.5 Å². The maximum absolute atomic E-state index is 11.4. The monoisotopic (exact) mass is 213 g/mol. The molecule has 0 unspecified atom stereocenters. The quantitative estimate of drug-likeness (QED) is 0.640. The van der Waals surface area contributed by atoms with Gasteiger partial charge in [-0.15, -0.1) is 0 Å². The van der Waals surface area contributed by atoms with Crippen molar-refractivity contribution in [2.24, 2.45) is 5.92 Å². The molecule has 2 heterocycles. The topological polar surface area (TPSA) is 37.4 Å². The number of carbonyl (C=O) groups is 2. The molecule has 0 aliphatic carbocycles. The predicted octanol–water partition coefficient (Wildman–Crippen LogP) is 0.931. The Kier molecular flexibility index (Phi) is 3.11. The van der Waals surface area contributed by atoms with E-state index in [9.17, 15) is 9.59 Å². The third kappa shape index (κ3) is 2.11. The highest BCUT2D eigenvalue weighted by Gasteiger charge is 2.30. The molecule has 2 aliphatic rings. The molecule has 0 N–H and O–H groups in total. The summed E-state index contributed by atoms with van der Waals surface area (Å²) in [6.07, 6.45) is 2.82. The summed E-state index contributed by atoms with van der Waals surface area (Å²) < 4.78 is 0. The molecule has 3 nitrogen and oxygen atoms in total. The molecule has 0 bridgehead atoms. The van der Waals surface area contributed by atoms with Gasteiger partial charge in [-0.3, -0.25) is 9.59 Å². The van der Waals surface area contributed by atoms with Crippen LogP contribution in [0.1, 0.15) is 19.3 Å². The van der Waals surface area contributed by atoms with E-state index < -0.39 is 0 Å². The van der Waals surface area contributed by atoms with Crippen LogP contribution < -0.4 is 0 Å². The molecule has 2 saturated heterocycles. The van der Waals surface area contributed by atoms with Gasteiger partial charge in [0.1, 0.15) is 0 Å². The molecule has 4 heteroatoms. The van der Waals surface area contributed by atoms with Crippen LogP contribution in [0.25, 0.3) is 0 Å². The number of hydrogen-bond donors (Lipinski definition) is 0. The summed E-state index contributed by atoms with van der Waals surface area (Å²) in [5, 5.41) is 0. The Balaban J connectivity index is 1.85. The van der Waals surface area contributed by atoms with Crippen molar-refractivity contribution < 1.29 is 9.59 Å². The molecule has 2 fully saturated rings. The highest BCUT2D eigenvalue weighted by atomic mass is 32.2. The van der Waals surface area contributed by atoms with E-state index in [1.54, 1.807) is 4.90 Å². The van der Waals surface area contributed by atoms with Gasteiger partial charge < -0.3 is 4.90 Å². The average molecular weight is 213 g/mol. The largest absolute Gasteiger partial charge is 0.335 e. The summed E-state index contributed by atoms with van der Waals surface area (Å²) in [7, 11) is 0. The number of rotatable bonds is 2. The van der Waals surface area contributed by atoms with Crippen LogP contribution in [0.2, 0.25) is 0 Å². The van der Waals surface area contributed by atoms with E-state index in [-0.39, 0.29) is 11.7 Å². The molecule has 1 amide bonds. The van der Waals surface area contributed by atoms with Crippen LogP contribution in [0.15, 0.2) is 0 Å². The third-order valence-electron chi connectivity index (χ3n) is 2.95. The third-order valence-corrected chi connectivity index (χ3v) is 4.00. The molecule has 0 aromatic carbocycles. The lowest BCUT2D eigenvalue weighted by Gasteiger charge is -2.25. The fraction of sp³-hybridized carbons (Fsp3) is 0.800. The summed E-state index contributed by atoms with van der Waals surface area (Å²) in [4.78, 5) is 24.1. The second-order valence-electron chi connectivity index (χ2n) is 3.98. The Bertz CT molecular complexity index is 249. The van der Waals surface area contributed by atoms with Crippen molar-refractivity contribution in [2.75, 3.05) is 24.6 Å². The number of thioether (sulfide) groups is 1. The summed E-state index contributed by atoms with van der Waals surface area (Å²) in [5.74, 6) is 2.60. The van der Waals surface area contributed by atoms with Gasteiger partial charge in [0.2, 0.25) is 5.78 Å². The maximum Gasteiger partial charge on any atom is 0.290 e. The van der Waals surface area contributed by atoms with Crippen LogP contribution in [0.4, 0.5) is 0 Å².